The number of hydrogen-bond acceptors (Lipinski definition) is 2. The monoisotopic (exact) mass is 300 g/mol. The number of rotatable bonds is 6. The second-order valence-corrected chi connectivity index (χ2v) is 6.46. The topological polar surface area (TPSA) is 45.5 Å². The standard InChI is InChI=1S/C18H24N2O2/c1-19-11-14(15-5-3-4-6-16(15)19)9-10-18(22)20(2)12-17(21)13-7-8-13/h3-6,11,13,17,21H,7-10,12H2,1-2H3. The maximum absolute atomic E-state index is 12.2. The quantitative estimate of drug-likeness (QED) is 0.890. The van der Waals surface area contributed by atoms with E-state index in [2.05, 4.69) is 22.9 Å². The normalized spacial score (nSPS) is 16.0. The number of carbonyl (C=O) groups excluding carboxylic acids is 1. The van der Waals surface area contributed by atoms with Gasteiger partial charge in [0.1, 0.15) is 0 Å². The van der Waals surface area contributed by atoms with E-state index in [9.17, 15) is 9.90 Å². The van der Waals surface area contributed by atoms with Crippen LogP contribution in [0.1, 0.15) is 24.8 Å². The van der Waals surface area contributed by atoms with Crippen LogP contribution in [0.3, 0.4) is 0 Å². The Morgan fingerprint density at radius 3 is 2.86 bits per heavy atom. The molecule has 22 heavy (non-hydrogen) atoms. The molecular weight excluding hydrogens is 276 g/mol. The highest BCUT2D eigenvalue weighted by atomic mass is 16.3. The predicted octanol–water partition coefficient (Wildman–Crippen LogP) is 2.34. The Morgan fingerprint density at radius 2 is 2.14 bits per heavy atom. The number of benzene rings is 1. The Balaban J connectivity index is 1.59. The van der Waals surface area contributed by atoms with E-state index in [1.165, 1.54) is 16.5 Å². The van der Waals surface area contributed by atoms with Gasteiger partial charge in [-0.25, -0.2) is 0 Å². The largest absolute Gasteiger partial charge is 0.391 e. The summed E-state index contributed by atoms with van der Waals surface area (Å²) in [5.74, 6) is 0.515. The van der Waals surface area contributed by atoms with Gasteiger partial charge < -0.3 is 14.6 Å². The van der Waals surface area contributed by atoms with Crippen molar-refractivity contribution in [3.8, 4) is 0 Å². The van der Waals surface area contributed by atoms with Crippen molar-refractivity contribution < 1.29 is 9.90 Å². The number of aromatic nitrogens is 1. The molecule has 1 aliphatic rings. The lowest BCUT2D eigenvalue weighted by Crippen LogP contribution is -2.35. The average molecular weight is 300 g/mol. The smallest absolute Gasteiger partial charge is 0.222 e. The van der Waals surface area contributed by atoms with Gasteiger partial charge in [-0.2, -0.15) is 0 Å². The Bertz CT molecular complexity index is 673. The van der Waals surface area contributed by atoms with E-state index >= 15 is 0 Å². The molecule has 1 heterocycles. The van der Waals surface area contributed by atoms with E-state index in [-0.39, 0.29) is 12.0 Å². The molecule has 1 amide bonds. The number of aliphatic hydroxyl groups excluding tert-OH is 1. The lowest BCUT2D eigenvalue weighted by Gasteiger charge is -2.20. The number of para-hydroxylation sites is 1. The maximum atomic E-state index is 12.2. The molecule has 1 fully saturated rings. The molecule has 1 N–H and O–H groups in total. The van der Waals surface area contributed by atoms with Crippen LogP contribution in [0.4, 0.5) is 0 Å². The summed E-state index contributed by atoms with van der Waals surface area (Å²) in [5, 5.41) is 11.2. The summed E-state index contributed by atoms with van der Waals surface area (Å²) >= 11 is 0. The van der Waals surface area contributed by atoms with Crippen LogP contribution in [0, 0.1) is 5.92 Å². The fourth-order valence-corrected chi connectivity index (χ4v) is 3.07. The van der Waals surface area contributed by atoms with Crippen molar-refractivity contribution in [1.29, 1.82) is 0 Å². The molecule has 0 radical (unpaired) electrons. The molecule has 0 spiro atoms. The Labute approximate surface area is 131 Å². The number of amides is 1. The van der Waals surface area contributed by atoms with Crippen LogP contribution < -0.4 is 0 Å². The Kier molecular flexibility index (Phi) is 4.21. The molecule has 4 heteroatoms. The zero-order chi connectivity index (χ0) is 15.7. The van der Waals surface area contributed by atoms with Crippen LogP contribution in [0.25, 0.3) is 10.9 Å². The van der Waals surface area contributed by atoms with E-state index in [0.717, 1.165) is 19.3 Å². The summed E-state index contributed by atoms with van der Waals surface area (Å²) in [7, 11) is 3.82. The molecule has 4 nitrogen and oxygen atoms in total. The third-order valence-electron chi connectivity index (χ3n) is 4.64. The molecular formula is C18H24N2O2. The minimum absolute atomic E-state index is 0.104. The highest BCUT2D eigenvalue weighted by molar-refractivity contribution is 5.84. The summed E-state index contributed by atoms with van der Waals surface area (Å²) in [5.41, 5.74) is 2.41. The third kappa shape index (κ3) is 3.17. The maximum Gasteiger partial charge on any atom is 0.222 e. The molecule has 1 saturated carbocycles. The minimum Gasteiger partial charge on any atom is -0.391 e. The molecule has 0 bridgehead atoms. The summed E-state index contributed by atoms with van der Waals surface area (Å²) < 4.78 is 2.11. The average Bonchev–Trinajstić information content (AvgIpc) is 3.31. The predicted molar refractivity (Wildman–Crippen MR) is 87.6 cm³/mol. The van der Waals surface area contributed by atoms with Gasteiger partial charge in [-0.05, 0) is 36.8 Å². The summed E-state index contributed by atoms with van der Waals surface area (Å²) in [4.78, 5) is 13.9. The summed E-state index contributed by atoms with van der Waals surface area (Å²) in [6.45, 7) is 0.457. The molecule has 1 aliphatic carbocycles. The van der Waals surface area contributed by atoms with Gasteiger partial charge in [0, 0.05) is 44.2 Å². The van der Waals surface area contributed by atoms with Gasteiger partial charge in [-0.3, -0.25) is 4.79 Å². The van der Waals surface area contributed by atoms with Crippen LogP contribution >= 0.6 is 0 Å². The van der Waals surface area contributed by atoms with Crippen molar-refractivity contribution >= 4 is 16.8 Å². The van der Waals surface area contributed by atoms with Crippen molar-refractivity contribution in [2.75, 3.05) is 13.6 Å². The molecule has 0 saturated heterocycles. The SMILES string of the molecule is CN(CC(O)C1CC1)C(=O)CCc1cn(C)c2ccccc12. The van der Waals surface area contributed by atoms with Gasteiger partial charge >= 0.3 is 0 Å². The first kappa shape index (κ1) is 15.1. The first-order chi connectivity index (χ1) is 10.6. The van der Waals surface area contributed by atoms with Crippen LogP contribution in [0.5, 0.6) is 0 Å². The van der Waals surface area contributed by atoms with E-state index < -0.39 is 0 Å². The number of hydrogen-bond donors (Lipinski definition) is 1. The number of fused-ring (bicyclic) bond motifs is 1. The highest BCUT2D eigenvalue weighted by Gasteiger charge is 2.31. The van der Waals surface area contributed by atoms with Crippen LogP contribution in [0.15, 0.2) is 30.5 Å². The molecule has 1 atom stereocenters. The van der Waals surface area contributed by atoms with Gasteiger partial charge in [0.25, 0.3) is 0 Å². The van der Waals surface area contributed by atoms with Crippen molar-refractivity contribution in [3.05, 3.63) is 36.0 Å². The van der Waals surface area contributed by atoms with E-state index in [1.54, 1.807) is 11.9 Å². The third-order valence-corrected chi connectivity index (χ3v) is 4.64. The first-order valence-corrected chi connectivity index (χ1v) is 8.01. The number of likely N-dealkylation sites (N-methyl/N-ethyl adjacent to an activating group) is 1. The number of aryl methyl sites for hydroxylation is 2. The zero-order valence-electron chi connectivity index (χ0n) is 13.3. The van der Waals surface area contributed by atoms with Gasteiger partial charge in [0.15, 0.2) is 0 Å². The molecule has 2 aromatic rings. The van der Waals surface area contributed by atoms with Crippen molar-refractivity contribution in [2.45, 2.75) is 31.8 Å². The fourth-order valence-electron chi connectivity index (χ4n) is 3.07. The molecule has 1 aromatic carbocycles. The van der Waals surface area contributed by atoms with Crippen molar-refractivity contribution in [2.24, 2.45) is 13.0 Å². The second-order valence-electron chi connectivity index (χ2n) is 6.46. The summed E-state index contributed by atoms with van der Waals surface area (Å²) in [6, 6.07) is 8.27. The second kappa shape index (κ2) is 6.13. The summed E-state index contributed by atoms with van der Waals surface area (Å²) in [6.07, 6.45) is 5.17. The number of carbonyl (C=O) groups is 1. The van der Waals surface area contributed by atoms with Crippen molar-refractivity contribution in [1.82, 2.24) is 9.47 Å². The van der Waals surface area contributed by atoms with Crippen LogP contribution in [-0.2, 0) is 18.3 Å². The lowest BCUT2D eigenvalue weighted by atomic mass is 10.1. The Morgan fingerprint density at radius 1 is 1.41 bits per heavy atom. The Hall–Kier alpha value is -1.81. The minimum atomic E-state index is -0.355. The number of nitrogens with zero attached hydrogens (tertiary/aromatic N) is 2. The molecule has 0 aliphatic heterocycles. The molecule has 3 rings (SSSR count). The van der Waals surface area contributed by atoms with Gasteiger partial charge in [0.2, 0.25) is 5.91 Å². The van der Waals surface area contributed by atoms with E-state index in [0.29, 0.717) is 18.9 Å². The highest BCUT2D eigenvalue weighted by Crippen LogP contribution is 2.32. The van der Waals surface area contributed by atoms with E-state index in [1.807, 2.05) is 19.2 Å². The van der Waals surface area contributed by atoms with Gasteiger partial charge in [-0.1, -0.05) is 18.2 Å². The zero-order valence-corrected chi connectivity index (χ0v) is 13.3. The molecule has 1 aromatic heterocycles. The lowest BCUT2D eigenvalue weighted by molar-refractivity contribution is -0.131. The van der Waals surface area contributed by atoms with Gasteiger partial charge in [-0.15, -0.1) is 0 Å². The first-order valence-electron chi connectivity index (χ1n) is 8.01. The fraction of sp³-hybridized carbons (Fsp3) is 0.500. The van der Waals surface area contributed by atoms with Crippen LogP contribution in [0.2, 0.25) is 0 Å². The van der Waals surface area contributed by atoms with Crippen molar-refractivity contribution in [3.63, 3.8) is 0 Å². The van der Waals surface area contributed by atoms with Gasteiger partial charge in [0.05, 0.1) is 6.10 Å². The van der Waals surface area contributed by atoms with Crippen LogP contribution in [-0.4, -0.2) is 40.2 Å². The molecule has 1 unspecified atom stereocenters. The van der Waals surface area contributed by atoms with E-state index in [4.69, 9.17) is 0 Å². The number of aliphatic hydroxyl groups is 1. The molecule has 118 valence electrons.